The van der Waals surface area contributed by atoms with E-state index in [2.05, 4.69) is 13.8 Å². The second kappa shape index (κ2) is 4.13. The maximum atomic E-state index is 10.9. The fraction of sp³-hybridized carbons (Fsp3) is 0.364. The first-order valence-electron chi connectivity index (χ1n) is 4.69. The molecule has 0 spiro atoms. The summed E-state index contributed by atoms with van der Waals surface area (Å²) < 4.78 is 0. The highest BCUT2D eigenvalue weighted by Gasteiger charge is 2.10. The molecule has 1 unspecified atom stereocenters. The van der Waals surface area contributed by atoms with Crippen molar-refractivity contribution in [3.63, 3.8) is 0 Å². The van der Waals surface area contributed by atoms with E-state index in [0.29, 0.717) is 5.92 Å². The predicted octanol–water partition coefficient (Wildman–Crippen LogP) is 2.00. The van der Waals surface area contributed by atoms with E-state index in [1.165, 1.54) is 6.07 Å². The Morgan fingerprint density at radius 3 is 2.71 bits per heavy atom. The van der Waals surface area contributed by atoms with Crippen molar-refractivity contribution in [1.82, 2.24) is 0 Å². The lowest BCUT2D eigenvalue weighted by atomic mass is 9.96. The summed E-state index contributed by atoms with van der Waals surface area (Å²) in [6.07, 6.45) is 0.989. The summed E-state index contributed by atoms with van der Waals surface area (Å²) in [6.45, 7) is 4.14. The second-order valence-electron chi connectivity index (χ2n) is 3.45. The number of hydrogen-bond acceptors (Lipinski definition) is 2. The van der Waals surface area contributed by atoms with Crippen LogP contribution in [0.2, 0.25) is 0 Å². The minimum Gasteiger partial charge on any atom is -0.507 e. The lowest BCUT2D eigenvalue weighted by Gasteiger charge is -2.10. The van der Waals surface area contributed by atoms with Crippen LogP contribution in [0.5, 0.6) is 5.75 Å². The number of rotatable bonds is 3. The third kappa shape index (κ3) is 2.05. The van der Waals surface area contributed by atoms with Gasteiger partial charge >= 0.3 is 0 Å². The molecule has 0 aliphatic carbocycles. The lowest BCUT2D eigenvalue weighted by Crippen LogP contribution is -2.11. The zero-order valence-electron chi connectivity index (χ0n) is 8.45. The molecule has 0 fully saturated rings. The van der Waals surface area contributed by atoms with Crippen molar-refractivity contribution in [2.24, 2.45) is 5.73 Å². The van der Waals surface area contributed by atoms with Crippen LogP contribution in [0.1, 0.15) is 42.1 Å². The quantitative estimate of drug-likeness (QED) is 0.771. The van der Waals surface area contributed by atoms with E-state index < -0.39 is 5.91 Å². The van der Waals surface area contributed by atoms with Crippen LogP contribution in [0.25, 0.3) is 0 Å². The van der Waals surface area contributed by atoms with Crippen LogP contribution in [0.4, 0.5) is 0 Å². The molecule has 3 N–H and O–H groups in total. The average Bonchev–Trinajstić information content (AvgIpc) is 2.17. The fourth-order valence-corrected chi connectivity index (χ4v) is 1.29. The van der Waals surface area contributed by atoms with Crippen LogP contribution >= 0.6 is 0 Å². The normalized spacial score (nSPS) is 12.4. The van der Waals surface area contributed by atoms with E-state index in [0.717, 1.165) is 12.0 Å². The standard InChI is InChI=1S/C11H15NO2/c1-3-7(2)8-4-5-10(13)9(6-8)11(12)14/h4-7,13H,3H2,1-2H3,(H2,12,14). The van der Waals surface area contributed by atoms with E-state index in [4.69, 9.17) is 5.73 Å². The summed E-state index contributed by atoms with van der Waals surface area (Å²) in [5.74, 6) is -0.272. The number of carbonyl (C=O) groups excluding carboxylic acids is 1. The molecule has 76 valence electrons. The molecule has 0 radical (unpaired) electrons. The van der Waals surface area contributed by atoms with Crippen LogP contribution in [-0.4, -0.2) is 11.0 Å². The van der Waals surface area contributed by atoms with E-state index >= 15 is 0 Å². The molecule has 0 aromatic heterocycles. The Hall–Kier alpha value is -1.51. The Morgan fingerprint density at radius 1 is 1.57 bits per heavy atom. The zero-order chi connectivity index (χ0) is 10.7. The van der Waals surface area contributed by atoms with Crippen molar-refractivity contribution in [2.45, 2.75) is 26.2 Å². The summed E-state index contributed by atoms with van der Waals surface area (Å²) >= 11 is 0. The summed E-state index contributed by atoms with van der Waals surface area (Å²) in [5, 5.41) is 9.36. The van der Waals surface area contributed by atoms with Gasteiger partial charge in [0.1, 0.15) is 5.75 Å². The molecule has 0 bridgehead atoms. The Balaban J connectivity index is 3.12. The molecule has 1 atom stereocenters. The second-order valence-corrected chi connectivity index (χ2v) is 3.45. The van der Waals surface area contributed by atoms with Gasteiger partial charge in [0.25, 0.3) is 5.91 Å². The van der Waals surface area contributed by atoms with E-state index in [1.807, 2.05) is 6.07 Å². The van der Waals surface area contributed by atoms with Crippen molar-refractivity contribution in [2.75, 3.05) is 0 Å². The number of hydrogen-bond donors (Lipinski definition) is 2. The first-order chi connectivity index (χ1) is 6.56. The molecule has 0 aliphatic heterocycles. The van der Waals surface area contributed by atoms with Gasteiger partial charge in [-0.1, -0.05) is 19.9 Å². The molecule has 3 heteroatoms. The van der Waals surface area contributed by atoms with Crippen LogP contribution in [0, 0.1) is 0 Å². The van der Waals surface area contributed by atoms with Gasteiger partial charge in [-0.05, 0) is 30.0 Å². The number of phenols is 1. The number of primary amides is 1. The lowest BCUT2D eigenvalue weighted by molar-refractivity contribution is 0.0997. The number of amides is 1. The van der Waals surface area contributed by atoms with Crippen molar-refractivity contribution in [1.29, 1.82) is 0 Å². The van der Waals surface area contributed by atoms with Gasteiger partial charge in [0.15, 0.2) is 0 Å². The topological polar surface area (TPSA) is 63.3 Å². The van der Waals surface area contributed by atoms with Crippen LogP contribution < -0.4 is 5.73 Å². The summed E-state index contributed by atoms with van der Waals surface area (Å²) in [5.41, 5.74) is 6.35. The zero-order valence-corrected chi connectivity index (χ0v) is 8.45. The molecule has 3 nitrogen and oxygen atoms in total. The molecule has 0 aliphatic rings. The Kier molecular flexibility index (Phi) is 3.12. The highest BCUT2D eigenvalue weighted by molar-refractivity contribution is 5.95. The van der Waals surface area contributed by atoms with Crippen molar-refractivity contribution < 1.29 is 9.90 Å². The van der Waals surface area contributed by atoms with Crippen LogP contribution in [0.15, 0.2) is 18.2 Å². The van der Waals surface area contributed by atoms with E-state index in [-0.39, 0.29) is 11.3 Å². The first kappa shape index (κ1) is 10.6. The van der Waals surface area contributed by atoms with Gasteiger partial charge in [-0.2, -0.15) is 0 Å². The first-order valence-corrected chi connectivity index (χ1v) is 4.69. The number of carbonyl (C=O) groups is 1. The monoisotopic (exact) mass is 193 g/mol. The third-order valence-corrected chi connectivity index (χ3v) is 2.47. The minimum atomic E-state index is -0.590. The van der Waals surface area contributed by atoms with Crippen molar-refractivity contribution in [3.8, 4) is 5.75 Å². The molecule has 1 aromatic carbocycles. The van der Waals surface area contributed by atoms with E-state index in [1.54, 1.807) is 6.07 Å². The number of nitrogens with two attached hydrogens (primary N) is 1. The molecule has 0 heterocycles. The highest BCUT2D eigenvalue weighted by atomic mass is 16.3. The molecule has 0 saturated heterocycles. The Morgan fingerprint density at radius 2 is 2.21 bits per heavy atom. The Labute approximate surface area is 83.6 Å². The molecular weight excluding hydrogens is 178 g/mol. The molecule has 14 heavy (non-hydrogen) atoms. The van der Waals surface area contributed by atoms with Gasteiger partial charge < -0.3 is 10.8 Å². The summed E-state index contributed by atoms with van der Waals surface area (Å²) in [4.78, 5) is 10.9. The minimum absolute atomic E-state index is 0.0513. The number of benzene rings is 1. The average molecular weight is 193 g/mol. The Bertz CT molecular complexity index is 347. The molecule has 1 rings (SSSR count). The largest absolute Gasteiger partial charge is 0.507 e. The maximum Gasteiger partial charge on any atom is 0.252 e. The van der Waals surface area contributed by atoms with Crippen LogP contribution in [0.3, 0.4) is 0 Å². The predicted molar refractivity (Wildman–Crippen MR) is 55.3 cm³/mol. The SMILES string of the molecule is CCC(C)c1ccc(O)c(C(N)=O)c1. The fourth-order valence-electron chi connectivity index (χ4n) is 1.29. The summed E-state index contributed by atoms with van der Waals surface area (Å²) in [6, 6.07) is 4.99. The van der Waals surface area contributed by atoms with Gasteiger partial charge in [-0.25, -0.2) is 0 Å². The molecule has 0 saturated carbocycles. The molecular formula is C11H15NO2. The molecule has 1 aromatic rings. The van der Waals surface area contributed by atoms with E-state index in [9.17, 15) is 9.90 Å². The smallest absolute Gasteiger partial charge is 0.252 e. The van der Waals surface area contributed by atoms with Gasteiger partial charge in [-0.3, -0.25) is 4.79 Å². The van der Waals surface area contributed by atoms with Gasteiger partial charge in [0.05, 0.1) is 5.56 Å². The van der Waals surface area contributed by atoms with Crippen LogP contribution in [-0.2, 0) is 0 Å². The summed E-state index contributed by atoms with van der Waals surface area (Å²) in [7, 11) is 0. The molecule has 1 amide bonds. The van der Waals surface area contributed by atoms with Gasteiger partial charge in [0, 0.05) is 0 Å². The third-order valence-electron chi connectivity index (χ3n) is 2.47. The number of aromatic hydroxyl groups is 1. The van der Waals surface area contributed by atoms with Gasteiger partial charge in [0.2, 0.25) is 0 Å². The maximum absolute atomic E-state index is 10.9. The van der Waals surface area contributed by atoms with Crippen molar-refractivity contribution >= 4 is 5.91 Å². The van der Waals surface area contributed by atoms with Crippen molar-refractivity contribution in [3.05, 3.63) is 29.3 Å². The van der Waals surface area contributed by atoms with Gasteiger partial charge in [-0.15, -0.1) is 0 Å². The highest BCUT2D eigenvalue weighted by Crippen LogP contribution is 2.24.